The van der Waals surface area contributed by atoms with E-state index in [1.165, 1.54) is 11.8 Å². The molecule has 1 atom stereocenters. The molecule has 34 heavy (non-hydrogen) atoms. The summed E-state index contributed by atoms with van der Waals surface area (Å²) < 4.78 is 1.94. The number of halogens is 2. The van der Waals surface area contributed by atoms with Crippen LogP contribution in [-0.2, 0) is 4.79 Å². The number of H-pyrrole nitrogens is 1. The smallest absolute Gasteiger partial charge is 0.237 e. The average molecular weight is 508 g/mol. The Labute approximate surface area is 210 Å². The molecular weight excluding hydrogens is 489 g/mol. The highest BCUT2D eigenvalue weighted by Gasteiger charge is 2.23. The van der Waals surface area contributed by atoms with Crippen LogP contribution in [0.4, 0.5) is 5.69 Å². The molecule has 0 bridgehead atoms. The molecule has 0 spiro atoms. The molecule has 0 aliphatic carbocycles. The van der Waals surface area contributed by atoms with Crippen LogP contribution >= 0.6 is 35.0 Å². The fourth-order valence-electron chi connectivity index (χ4n) is 3.62. The number of carbonyl (C=O) groups is 1. The Hall–Kier alpha value is -3.26. The van der Waals surface area contributed by atoms with Crippen molar-refractivity contribution in [2.24, 2.45) is 0 Å². The number of fused-ring (bicyclic) bond motifs is 1. The standard InChI is InChI=1S/C25H19Cl2N5OS/c1-15(24(33)29-18-6-4-5-17(27)13-18)34-25-31-30-23(32(25)19-11-9-16(26)10-12-19)21-14-28-22-8-3-2-7-20(21)22/h2-15,28H,1H3,(H,29,33)/t15-/m1/s1. The summed E-state index contributed by atoms with van der Waals surface area (Å²) in [6.45, 7) is 1.83. The molecule has 2 N–H and O–H groups in total. The fraction of sp³-hybridized carbons (Fsp3) is 0.0800. The van der Waals surface area contributed by atoms with Crippen molar-refractivity contribution in [2.45, 2.75) is 17.3 Å². The number of benzene rings is 3. The maximum Gasteiger partial charge on any atom is 0.237 e. The van der Waals surface area contributed by atoms with Crippen LogP contribution < -0.4 is 5.32 Å². The van der Waals surface area contributed by atoms with Gasteiger partial charge in [-0.3, -0.25) is 9.36 Å². The van der Waals surface area contributed by atoms with Gasteiger partial charge in [0.2, 0.25) is 5.91 Å². The maximum atomic E-state index is 12.9. The average Bonchev–Trinajstić information content (AvgIpc) is 3.43. The first-order chi connectivity index (χ1) is 16.5. The second-order valence-electron chi connectivity index (χ2n) is 7.63. The minimum Gasteiger partial charge on any atom is -0.360 e. The van der Waals surface area contributed by atoms with E-state index < -0.39 is 5.25 Å². The van der Waals surface area contributed by atoms with Gasteiger partial charge in [-0.2, -0.15) is 0 Å². The number of anilines is 1. The van der Waals surface area contributed by atoms with Gasteiger partial charge in [0.25, 0.3) is 0 Å². The molecule has 0 aliphatic heterocycles. The van der Waals surface area contributed by atoms with Crippen LogP contribution in [0.15, 0.2) is 84.1 Å². The third-order valence-electron chi connectivity index (χ3n) is 5.29. The second-order valence-corrected chi connectivity index (χ2v) is 9.81. The van der Waals surface area contributed by atoms with Gasteiger partial charge in [0.05, 0.1) is 5.25 Å². The van der Waals surface area contributed by atoms with Crippen molar-refractivity contribution in [3.8, 4) is 17.1 Å². The molecule has 3 aromatic carbocycles. The predicted octanol–water partition coefficient (Wildman–Crippen LogP) is 6.84. The van der Waals surface area contributed by atoms with Crippen LogP contribution in [0.5, 0.6) is 0 Å². The predicted molar refractivity (Wildman–Crippen MR) is 139 cm³/mol. The lowest BCUT2D eigenvalue weighted by Crippen LogP contribution is -2.22. The van der Waals surface area contributed by atoms with Crippen LogP contribution in [0.1, 0.15) is 6.92 Å². The SMILES string of the molecule is C[C@@H](Sc1nnc(-c2c[nH]c3ccccc23)n1-c1ccc(Cl)cc1)C(=O)Nc1cccc(Cl)c1. The summed E-state index contributed by atoms with van der Waals surface area (Å²) in [5.74, 6) is 0.510. The molecule has 0 unspecified atom stereocenters. The Balaban J connectivity index is 1.51. The summed E-state index contributed by atoms with van der Waals surface area (Å²) in [4.78, 5) is 16.2. The number of hydrogen-bond acceptors (Lipinski definition) is 4. The number of aromatic amines is 1. The molecule has 0 fully saturated rings. The first-order valence-electron chi connectivity index (χ1n) is 10.5. The Bertz CT molecular complexity index is 1480. The van der Waals surface area contributed by atoms with E-state index in [4.69, 9.17) is 23.2 Å². The van der Waals surface area contributed by atoms with Gasteiger partial charge in [-0.25, -0.2) is 0 Å². The van der Waals surface area contributed by atoms with Gasteiger partial charge in [0.15, 0.2) is 11.0 Å². The molecule has 6 nitrogen and oxygen atoms in total. The van der Waals surface area contributed by atoms with Gasteiger partial charge in [-0.1, -0.05) is 59.2 Å². The molecule has 1 amide bonds. The molecule has 2 aromatic heterocycles. The van der Waals surface area contributed by atoms with Crippen molar-refractivity contribution < 1.29 is 4.79 Å². The van der Waals surface area contributed by atoms with E-state index >= 15 is 0 Å². The largest absolute Gasteiger partial charge is 0.360 e. The topological polar surface area (TPSA) is 75.6 Å². The molecule has 9 heteroatoms. The highest BCUT2D eigenvalue weighted by molar-refractivity contribution is 8.00. The lowest BCUT2D eigenvalue weighted by molar-refractivity contribution is -0.115. The lowest BCUT2D eigenvalue weighted by Gasteiger charge is -2.14. The van der Waals surface area contributed by atoms with Gasteiger partial charge in [-0.05, 0) is 55.5 Å². The number of carbonyl (C=O) groups excluding carboxylic acids is 1. The first kappa shape index (κ1) is 22.5. The number of rotatable bonds is 6. The van der Waals surface area contributed by atoms with Crippen molar-refractivity contribution in [3.05, 3.63) is 89.0 Å². The van der Waals surface area contributed by atoms with E-state index in [2.05, 4.69) is 20.5 Å². The van der Waals surface area contributed by atoms with Crippen molar-refractivity contribution in [3.63, 3.8) is 0 Å². The van der Waals surface area contributed by atoms with E-state index in [1.807, 2.05) is 66.2 Å². The second kappa shape index (κ2) is 9.54. The number of aromatic nitrogens is 4. The zero-order valence-electron chi connectivity index (χ0n) is 18.0. The van der Waals surface area contributed by atoms with Gasteiger partial charge < -0.3 is 10.3 Å². The Kier molecular flexibility index (Phi) is 6.32. The summed E-state index contributed by atoms with van der Waals surface area (Å²) in [7, 11) is 0. The summed E-state index contributed by atoms with van der Waals surface area (Å²) in [5, 5.41) is 14.2. The van der Waals surface area contributed by atoms with E-state index in [-0.39, 0.29) is 5.91 Å². The normalized spacial score (nSPS) is 12.1. The van der Waals surface area contributed by atoms with E-state index in [0.29, 0.717) is 26.7 Å². The molecule has 0 saturated carbocycles. The molecular formula is C25H19Cl2N5OS. The van der Waals surface area contributed by atoms with Crippen molar-refractivity contribution in [1.82, 2.24) is 19.7 Å². The molecule has 5 aromatic rings. The summed E-state index contributed by atoms with van der Waals surface area (Å²) in [6.07, 6.45) is 1.92. The van der Waals surface area contributed by atoms with Gasteiger partial charge in [-0.15, -0.1) is 10.2 Å². The number of nitrogens with one attached hydrogen (secondary N) is 2. The quantitative estimate of drug-likeness (QED) is 0.246. The highest BCUT2D eigenvalue weighted by Crippen LogP contribution is 2.34. The van der Waals surface area contributed by atoms with Gasteiger partial charge >= 0.3 is 0 Å². The van der Waals surface area contributed by atoms with Crippen molar-refractivity contribution >= 4 is 57.5 Å². The Morgan fingerprint density at radius 3 is 2.59 bits per heavy atom. The van der Waals surface area contributed by atoms with Crippen molar-refractivity contribution in [2.75, 3.05) is 5.32 Å². The minimum absolute atomic E-state index is 0.161. The Morgan fingerprint density at radius 1 is 1.00 bits per heavy atom. The maximum absolute atomic E-state index is 12.9. The highest BCUT2D eigenvalue weighted by atomic mass is 35.5. The number of hydrogen-bond donors (Lipinski definition) is 2. The van der Waals surface area contributed by atoms with Crippen LogP contribution in [0, 0.1) is 0 Å². The van der Waals surface area contributed by atoms with Crippen LogP contribution in [0.2, 0.25) is 10.0 Å². The Morgan fingerprint density at radius 2 is 1.79 bits per heavy atom. The number of thioether (sulfide) groups is 1. The molecule has 2 heterocycles. The molecule has 0 aliphatic rings. The molecule has 0 radical (unpaired) electrons. The van der Waals surface area contributed by atoms with Gasteiger partial charge in [0.1, 0.15) is 0 Å². The zero-order chi connectivity index (χ0) is 23.7. The molecule has 0 saturated heterocycles. The van der Waals surface area contributed by atoms with Crippen molar-refractivity contribution in [1.29, 1.82) is 0 Å². The third kappa shape index (κ3) is 4.55. The van der Waals surface area contributed by atoms with E-state index in [9.17, 15) is 4.79 Å². The first-order valence-corrected chi connectivity index (χ1v) is 12.1. The van der Waals surface area contributed by atoms with E-state index in [0.717, 1.165) is 22.2 Å². The van der Waals surface area contributed by atoms with E-state index in [1.54, 1.807) is 24.3 Å². The fourth-order valence-corrected chi connectivity index (χ4v) is 4.81. The monoisotopic (exact) mass is 507 g/mol. The zero-order valence-corrected chi connectivity index (χ0v) is 20.3. The van der Waals surface area contributed by atoms with Crippen LogP contribution in [0.25, 0.3) is 28.0 Å². The van der Waals surface area contributed by atoms with Crippen LogP contribution in [0.3, 0.4) is 0 Å². The summed E-state index contributed by atoms with van der Waals surface area (Å²) in [5.41, 5.74) is 3.41. The molecule has 5 rings (SSSR count). The lowest BCUT2D eigenvalue weighted by atomic mass is 10.1. The summed E-state index contributed by atoms with van der Waals surface area (Å²) >= 11 is 13.5. The van der Waals surface area contributed by atoms with Crippen LogP contribution in [-0.4, -0.2) is 30.9 Å². The molecule has 170 valence electrons. The number of para-hydroxylation sites is 1. The van der Waals surface area contributed by atoms with Gasteiger partial charge in [0, 0.05) is 44.1 Å². The number of nitrogens with zero attached hydrogens (tertiary/aromatic N) is 3. The minimum atomic E-state index is -0.440. The third-order valence-corrected chi connectivity index (χ3v) is 6.82. The summed E-state index contributed by atoms with van der Waals surface area (Å²) in [6, 6.07) is 22.5. The number of amides is 1.